The van der Waals surface area contributed by atoms with Gasteiger partial charge in [-0.05, 0) is 30.2 Å². The first-order valence-corrected chi connectivity index (χ1v) is 4.41. The third-order valence-electron chi connectivity index (χ3n) is 1.42. The predicted molar refractivity (Wildman–Crippen MR) is 50.5 cm³/mol. The Morgan fingerprint density at radius 3 is 2.15 bits per heavy atom. The van der Waals surface area contributed by atoms with Crippen LogP contribution in [0.25, 0.3) is 0 Å². The molecule has 1 aromatic carbocycles. The molecule has 0 unspecified atom stereocenters. The molecule has 13 heavy (non-hydrogen) atoms. The smallest absolute Gasteiger partial charge is 0.211 e. The van der Waals surface area contributed by atoms with Crippen molar-refractivity contribution in [2.24, 2.45) is 0 Å². The van der Waals surface area contributed by atoms with Crippen molar-refractivity contribution in [2.75, 3.05) is 0 Å². The molecule has 0 nitrogen and oxygen atoms in total. The molecule has 0 aromatic heterocycles. The molecule has 0 aliphatic carbocycles. The van der Waals surface area contributed by atoms with Gasteiger partial charge in [0.15, 0.2) is 0 Å². The van der Waals surface area contributed by atoms with Crippen molar-refractivity contribution >= 4 is 23.2 Å². The van der Waals surface area contributed by atoms with E-state index in [0.29, 0.717) is 15.6 Å². The number of hydrogen-bond donors (Lipinski definition) is 0. The predicted octanol–water partition coefficient (Wildman–Crippen LogP) is 4.20. The average Bonchev–Trinajstić information content (AvgIpc) is 1.99. The molecular formula is C9H7Cl2F2. The van der Waals surface area contributed by atoms with Gasteiger partial charge in [0.05, 0.1) is 0 Å². The van der Waals surface area contributed by atoms with E-state index in [1.54, 1.807) is 18.2 Å². The third kappa shape index (κ3) is 3.92. The minimum atomic E-state index is -2.34. The van der Waals surface area contributed by atoms with Crippen LogP contribution in [-0.2, 0) is 0 Å². The van der Waals surface area contributed by atoms with Crippen molar-refractivity contribution in [1.29, 1.82) is 0 Å². The van der Waals surface area contributed by atoms with Gasteiger partial charge in [0, 0.05) is 16.5 Å². The van der Waals surface area contributed by atoms with Crippen molar-refractivity contribution in [3.05, 3.63) is 40.2 Å². The zero-order valence-electron chi connectivity index (χ0n) is 6.61. The number of halogens is 4. The Morgan fingerprint density at radius 1 is 1.15 bits per heavy atom. The van der Waals surface area contributed by atoms with Crippen molar-refractivity contribution in [1.82, 2.24) is 0 Å². The van der Waals surface area contributed by atoms with Crippen LogP contribution in [0.4, 0.5) is 8.78 Å². The van der Waals surface area contributed by atoms with Gasteiger partial charge >= 0.3 is 0 Å². The Bertz CT molecular complexity index is 267. The van der Waals surface area contributed by atoms with Gasteiger partial charge < -0.3 is 0 Å². The largest absolute Gasteiger partial charge is 0.239 e. The van der Waals surface area contributed by atoms with E-state index in [-0.39, 0.29) is 6.42 Å². The van der Waals surface area contributed by atoms with Gasteiger partial charge in [-0.15, -0.1) is 0 Å². The number of rotatable bonds is 3. The minimum absolute atomic E-state index is 0.281. The summed E-state index contributed by atoms with van der Waals surface area (Å²) in [5, 5.41) is 0.904. The second kappa shape index (κ2) is 4.77. The molecule has 1 rings (SSSR count). The third-order valence-corrected chi connectivity index (χ3v) is 1.85. The maximum absolute atomic E-state index is 11.8. The summed E-state index contributed by atoms with van der Waals surface area (Å²) < 4.78 is 23.6. The maximum atomic E-state index is 11.8. The maximum Gasteiger partial charge on any atom is 0.239 e. The van der Waals surface area contributed by atoms with Crippen LogP contribution in [0.3, 0.4) is 0 Å². The van der Waals surface area contributed by atoms with E-state index in [2.05, 4.69) is 0 Å². The highest BCUT2D eigenvalue weighted by molar-refractivity contribution is 6.34. The summed E-state index contributed by atoms with van der Waals surface area (Å²) in [5.41, 5.74) is 0.623. The zero-order valence-corrected chi connectivity index (χ0v) is 8.12. The lowest BCUT2D eigenvalue weighted by molar-refractivity contribution is 0.148. The lowest BCUT2D eigenvalue weighted by Crippen LogP contribution is -1.91. The average molecular weight is 224 g/mol. The first-order valence-electron chi connectivity index (χ1n) is 3.65. The molecule has 0 saturated heterocycles. The molecule has 0 bridgehead atoms. The summed E-state index contributed by atoms with van der Waals surface area (Å²) in [6.45, 7) is 0. The lowest BCUT2D eigenvalue weighted by Gasteiger charge is -2.01. The van der Waals surface area contributed by atoms with Crippen LogP contribution in [0.2, 0.25) is 10.0 Å². The SMILES string of the molecule is FC(F)C[CH]c1cc(Cl)cc(Cl)c1. The van der Waals surface area contributed by atoms with Crippen LogP contribution in [0.15, 0.2) is 18.2 Å². The molecule has 0 atom stereocenters. The second-order valence-electron chi connectivity index (χ2n) is 2.53. The molecule has 0 aliphatic heterocycles. The molecule has 0 saturated carbocycles. The molecule has 0 N–H and O–H groups in total. The summed E-state index contributed by atoms with van der Waals surface area (Å²) in [4.78, 5) is 0. The standard InChI is InChI=1S/C9H7Cl2F2/c10-7-3-6(1-2-9(12)13)4-8(11)5-7/h1,3-5,9H,2H2. The number of benzene rings is 1. The van der Waals surface area contributed by atoms with Crippen LogP contribution < -0.4 is 0 Å². The van der Waals surface area contributed by atoms with Gasteiger partial charge in [-0.3, -0.25) is 0 Å². The molecule has 1 aromatic rings. The highest BCUT2D eigenvalue weighted by Gasteiger charge is 2.04. The second-order valence-corrected chi connectivity index (χ2v) is 3.41. The highest BCUT2D eigenvalue weighted by atomic mass is 35.5. The highest BCUT2D eigenvalue weighted by Crippen LogP contribution is 2.21. The molecule has 71 valence electrons. The molecule has 0 fully saturated rings. The Labute approximate surface area is 85.5 Å². The molecule has 0 heterocycles. The fourth-order valence-corrected chi connectivity index (χ4v) is 1.46. The van der Waals surface area contributed by atoms with Crippen LogP contribution in [0.5, 0.6) is 0 Å². The Hall–Kier alpha value is -0.340. The fourth-order valence-electron chi connectivity index (χ4n) is 0.918. The van der Waals surface area contributed by atoms with Crippen LogP contribution in [0, 0.1) is 6.42 Å². The van der Waals surface area contributed by atoms with Gasteiger partial charge in [-0.25, -0.2) is 8.78 Å². The van der Waals surface area contributed by atoms with E-state index in [9.17, 15) is 8.78 Å². The first kappa shape index (κ1) is 10.7. The molecule has 1 radical (unpaired) electrons. The fraction of sp³-hybridized carbons (Fsp3) is 0.222. The molecule has 0 spiro atoms. The van der Waals surface area contributed by atoms with Gasteiger partial charge in [-0.2, -0.15) is 0 Å². The summed E-state index contributed by atoms with van der Waals surface area (Å²) in [6, 6.07) is 4.74. The molecule has 0 aliphatic rings. The quantitative estimate of drug-likeness (QED) is 0.721. The van der Waals surface area contributed by atoms with Crippen LogP contribution >= 0.6 is 23.2 Å². The zero-order chi connectivity index (χ0) is 9.84. The van der Waals surface area contributed by atoms with Crippen molar-refractivity contribution in [3.63, 3.8) is 0 Å². The van der Waals surface area contributed by atoms with E-state index in [1.807, 2.05) is 0 Å². The summed E-state index contributed by atoms with van der Waals surface area (Å²) in [5.74, 6) is 0. The van der Waals surface area contributed by atoms with Gasteiger partial charge in [-0.1, -0.05) is 23.2 Å². The monoisotopic (exact) mass is 223 g/mol. The normalized spacial score (nSPS) is 10.8. The van der Waals surface area contributed by atoms with E-state index in [4.69, 9.17) is 23.2 Å². The molecule has 0 amide bonds. The summed E-state index contributed by atoms with van der Waals surface area (Å²) in [6.07, 6.45) is -1.21. The number of hydrogen-bond acceptors (Lipinski definition) is 0. The van der Waals surface area contributed by atoms with Crippen LogP contribution in [-0.4, -0.2) is 6.43 Å². The van der Waals surface area contributed by atoms with Gasteiger partial charge in [0.25, 0.3) is 0 Å². The van der Waals surface area contributed by atoms with Crippen molar-refractivity contribution in [3.8, 4) is 0 Å². The van der Waals surface area contributed by atoms with Crippen molar-refractivity contribution < 1.29 is 8.78 Å². The van der Waals surface area contributed by atoms with E-state index >= 15 is 0 Å². The topological polar surface area (TPSA) is 0 Å². The minimum Gasteiger partial charge on any atom is -0.211 e. The summed E-state index contributed by atoms with van der Waals surface area (Å²) in [7, 11) is 0. The Balaban J connectivity index is 2.66. The molecule has 4 heteroatoms. The van der Waals surface area contributed by atoms with E-state index < -0.39 is 6.43 Å². The summed E-state index contributed by atoms with van der Waals surface area (Å²) >= 11 is 11.3. The Morgan fingerprint density at radius 2 is 1.69 bits per heavy atom. The van der Waals surface area contributed by atoms with Gasteiger partial charge in [0.2, 0.25) is 6.43 Å². The van der Waals surface area contributed by atoms with E-state index in [1.165, 1.54) is 6.42 Å². The van der Waals surface area contributed by atoms with Crippen molar-refractivity contribution in [2.45, 2.75) is 12.8 Å². The van der Waals surface area contributed by atoms with E-state index in [0.717, 1.165) is 0 Å². The number of alkyl halides is 2. The Kier molecular flexibility index (Phi) is 3.94. The van der Waals surface area contributed by atoms with Crippen LogP contribution in [0.1, 0.15) is 12.0 Å². The first-order chi connectivity index (χ1) is 6.08. The molecular weight excluding hydrogens is 217 g/mol. The van der Waals surface area contributed by atoms with Gasteiger partial charge in [0.1, 0.15) is 0 Å². The lowest BCUT2D eigenvalue weighted by atomic mass is 10.1.